The van der Waals surface area contributed by atoms with Crippen LogP contribution < -0.4 is 5.32 Å². The number of non-ortho nitro benzene ring substituents is 1. The number of likely N-dealkylation sites (tertiary alicyclic amines) is 1. The van der Waals surface area contributed by atoms with Crippen molar-refractivity contribution in [2.75, 3.05) is 25.0 Å². The maximum atomic E-state index is 10.8. The standard InChI is InChI=1S/C14H16ClN3O2/c1-2-7-17-8-5-11(6-9-17)16-14-10-12(18(19)20)3-4-13(14)15/h1,3-4,10-11,16H,5-9H2. The summed E-state index contributed by atoms with van der Waals surface area (Å²) in [5, 5.41) is 14.6. The molecule has 20 heavy (non-hydrogen) atoms. The van der Waals surface area contributed by atoms with Crippen LogP contribution in [0.5, 0.6) is 0 Å². The highest BCUT2D eigenvalue weighted by Crippen LogP contribution is 2.28. The van der Waals surface area contributed by atoms with Crippen LogP contribution in [0.2, 0.25) is 5.02 Å². The number of anilines is 1. The predicted octanol–water partition coefficient (Wildman–Crippen LogP) is 2.76. The molecule has 1 heterocycles. The zero-order valence-electron chi connectivity index (χ0n) is 11.0. The van der Waals surface area contributed by atoms with Crippen LogP contribution in [-0.2, 0) is 0 Å². The quantitative estimate of drug-likeness (QED) is 0.527. The number of nitro benzene ring substituents is 1. The molecule has 1 aromatic carbocycles. The molecule has 1 aliphatic rings. The molecule has 0 aromatic heterocycles. The van der Waals surface area contributed by atoms with Gasteiger partial charge in [-0.3, -0.25) is 15.0 Å². The molecule has 0 amide bonds. The van der Waals surface area contributed by atoms with E-state index in [2.05, 4.69) is 16.1 Å². The minimum Gasteiger partial charge on any atom is -0.381 e. The van der Waals surface area contributed by atoms with Crippen molar-refractivity contribution >= 4 is 23.0 Å². The van der Waals surface area contributed by atoms with E-state index in [0.29, 0.717) is 17.3 Å². The van der Waals surface area contributed by atoms with Crippen LogP contribution in [0.15, 0.2) is 18.2 Å². The van der Waals surface area contributed by atoms with Crippen LogP contribution in [0, 0.1) is 22.5 Å². The molecule has 0 unspecified atom stereocenters. The largest absolute Gasteiger partial charge is 0.381 e. The summed E-state index contributed by atoms with van der Waals surface area (Å²) < 4.78 is 0. The normalized spacial score (nSPS) is 16.6. The smallest absolute Gasteiger partial charge is 0.271 e. The Morgan fingerprint density at radius 3 is 2.80 bits per heavy atom. The summed E-state index contributed by atoms with van der Waals surface area (Å²) in [6, 6.07) is 4.71. The van der Waals surface area contributed by atoms with Crippen molar-refractivity contribution in [3.8, 4) is 12.3 Å². The minimum atomic E-state index is -0.420. The molecule has 0 aliphatic carbocycles. The number of nitrogens with zero attached hydrogens (tertiary/aromatic N) is 2. The first-order chi connectivity index (χ1) is 9.60. The highest BCUT2D eigenvalue weighted by atomic mass is 35.5. The van der Waals surface area contributed by atoms with Gasteiger partial charge in [0.05, 0.1) is 22.2 Å². The fraction of sp³-hybridized carbons (Fsp3) is 0.429. The molecule has 1 saturated heterocycles. The minimum absolute atomic E-state index is 0.0432. The topological polar surface area (TPSA) is 58.4 Å². The average molecular weight is 294 g/mol. The van der Waals surface area contributed by atoms with E-state index in [-0.39, 0.29) is 11.7 Å². The fourth-order valence-corrected chi connectivity index (χ4v) is 2.49. The van der Waals surface area contributed by atoms with Gasteiger partial charge in [-0.2, -0.15) is 0 Å². The molecule has 0 atom stereocenters. The molecule has 1 aliphatic heterocycles. The van der Waals surface area contributed by atoms with Crippen LogP contribution >= 0.6 is 11.6 Å². The van der Waals surface area contributed by atoms with Crippen molar-refractivity contribution < 1.29 is 4.92 Å². The Bertz CT molecular complexity index is 534. The molecule has 0 spiro atoms. The third-order valence-electron chi connectivity index (χ3n) is 3.42. The SMILES string of the molecule is C#CCN1CCC(Nc2cc([N+](=O)[O-])ccc2Cl)CC1. The Kier molecular flexibility index (Phi) is 4.83. The molecule has 106 valence electrons. The fourth-order valence-electron chi connectivity index (χ4n) is 2.32. The lowest BCUT2D eigenvalue weighted by atomic mass is 10.0. The highest BCUT2D eigenvalue weighted by Gasteiger charge is 2.20. The van der Waals surface area contributed by atoms with E-state index >= 15 is 0 Å². The Morgan fingerprint density at radius 1 is 1.50 bits per heavy atom. The zero-order valence-corrected chi connectivity index (χ0v) is 11.8. The molecule has 0 bridgehead atoms. The molecule has 1 fully saturated rings. The summed E-state index contributed by atoms with van der Waals surface area (Å²) in [5.41, 5.74) is 0.665. The number of hydrogen-bond donors (Lipinski definition) is 1. The molecular weight excluding hydrogens is 278 g/mol. The molecular formula is C14H16ClN3O2. The summed E-state index contributed by atoms with van der Waals surface area (Å²) >= 11 is 6.08. The number of terminal acetylenes is 1. The van der Waals surface area contributed by atoms with E-state index in [1.807, 2.05) is 0 Å². The van der Waals surface area contributed by atoms with Crippen LogP contribution in [-0.4, -0.2) is 35.5 Å². The zero-order chi connectivity index (χ0) is 14.5. The van der Waals surface area contributed by atoms with Gasteiger partial charge in [0.15, 0.2) is 0 Å². The summed E-state index contributed by atoms with van der Waals surface area (Å²) in [5.74, 6) is 2.64. The van der Waals surface area contributed by atoms with Crippen LogP contribution in [0.4, 0.5) is 11.4 Å². The number of halogens is 1. The number of benzene rings is 1. The van der Waals surface area contributed by atoms with Gasteiger partial charge in [-0.1, -0.05) is 17.5 Å². The molecule has 0 radical (unpaired) electrons. The molecule has 1 aromatic rings. The number of hydrogen-bond acceptors (Lipinski definition) is 4. The number of nitro groups is 1. The summed E-state index contributed by atoms with van der Waals surface area (Å²) in [4.78, 5) is 12.6. The van der Waals surface area contributed by atoms with Gasteiger partial charge in [0, 0.05) is 31.3 Å². The van der Waals surface area contributed by atoms with E-state index in [9.17, 15) is 10.1 Å². The van der Waals surface area contributed by atoms with Crippen LogP contribution in [0.3, 0.4) is 0 Å². The van der Waals surface area contributed by atoms with Gasteiger partial charge in [0.2, 0.25) is 0 Å². The van der Waals surface area contributed by atoms with Crippen molar-refractivity contribution in [2.45, 2.75) is 18.9 Å². The first-order valence-corrected chi connectivity index (χ1v) is 6.84. The summed E-state index contributed by atoms with van der Waals surface area (Å²) in [7, 11) is 0. The van der Waals surface area contributed by atoms with Gasteiger partial charge >= 0.3 is 0 Å². The number of nitrogens with one attached hydrogen (secondary N) is 1. The molecule has 2 rings (SSSR count). The van der Waals surface area contributed by atoms with Gasteiger partial charge < -0.3 is 5.32 Å². The molecule has 1 N–H and O–H groups in total. The summed E-state index contributed by atoms with van der Waals surface area (Å²) in [6.07, 6.45) is 7.18. The van der Waals surface area contributed by atoms with Crippen molar-refractivity contribution in [1.29, 1.82) is 0 Å². The first kappa shape index (κ1) is 14.6. The van der Waals surface area contributed by atoms with Gasteiger partial charge in [0.1, 0.15) is 0 Å². The molecule has 0 saturated carbocycles. The number of piperidine rings is 1. The Morgan fingerprint density at radius 2 is 2.20 bits per heavy atom. The van der Waals surface area contributed by atoms with Crippen LogP contribution in [0.25, 0.3) is 0 Å². The van der Waals surface area contributed by atoms with Gasteiger partial charge in [-0.15, -0.1) is 6.42 Å². The third-order valence-corrected chi connectivity index (χ3v) is 3.75. The van der Waals surface area contributed by atoms with E-state index in [1.165, 1.54) is 12.1 Å². The van der Waals surface area contributed by atoms with Gasteiger partial charge in [-0.05, 0) is 18.9 Å². The van der Waals surface area contributed by atoms with Crippen molar-refractivity contribution in [3.05, 3.63) is 33.3 Å². The van der Waals surface area contributed by atoms with Gasteiger partial charge in [0.25, 0.3) is 5.69 Å². The van der Waals surface area contributed by atoms with Crippen molar-refractivity contribution in [1.82, 2.24) is 4.90 Å². The highest BCUT2D eigenvalue weighted by molar-refractivity contribution is 6.33. The maximum absolute atomic E-state index is 10.8. The second-order valence-electron chi connectivity index (χ2n) is 4.82. The number of rotatable bonds is 4. The monoisotopic (exact) mass is 293 g/mol. The Balaban J connectivity index is 1.99. The molecule has 5 nitrogen and oxygen atoms in total. The Hall–Kier alpha value is -1.77. The van der Waals surface area contributed by atoms with Crippen molar-refractivity contribution in [3.63, 3.8) is 0 Å². The third kappa shape index (κ3) is 3.62. The molecule has 6 heteroatoms. The second-order valence-corrected chi connectivity index (χ2v) is 5.23. The van der Waals surface area contributed by atoms with E-state index < -0.39 is 4.92 Å². The van der Waals surface area contributed by atoms with E-state index in [0.717, 1.165) is 25.9 Å². The van der Waals surface area contributed by atoms with E-state index in [1.54, 1.807) is 6.07 Å². The average Bonchev–Trinajstić information content (AvgIpc) is 2.43. The summed E-state index contributed by atoms with van der Waals surface area (Å²) in [6.45, 7) is 2.52. The second kappa shape index (κ2) is 6.60. The van der Waals surface area contributed by atoms with Crippen molar-refractivity contribution in [2.24, 2.45) is 0 Å². The lowest BCUT2D eigenvalue weighted by Gasteiger charge is -2.31. The lowest BCUT2D eigenvalue weighted by Crippen LogP contribution is -2.39. The van der Waals surface area contributed by atoms with Gasteiger partial charge in [-0.25, -0.2) is 0 Å². The Labute approximate surface area is 123 Å². The van der Waals surface area contributed by atoms with Crippen LogP contribution in [0.1, 0.15) is 12.8 Å². The van der Waals surface area contributed by atoms with E-state index in [4.69, 9.17) is 18.0 Å². The lowest BCUT2D eigenvalue weighted by molar-refractivity contribution is -0.384. The first-order valence-electron chi connectivity index (χ1n) is 6.46. The maximum Gasteiger partial charge on any atom is 0.271 e. The predicted molar refractivity (Wildman–Crippen MR) is 80.0 cm³/mol.